The molecule has 1 saturated heterocycles. The Kier molecular flexibility index (Phi) is 4.93. The molecule has 0 amide bonds. The molecule has 0 aliphatic carbocycles. The molecule has 4 nitrogen and oxygen atoms in total. The molecule has 0 atom stereocenters. The summed E-state index contributed by atoms with van der Waals surface area (Å²) in [6.07, 6.45) is 8.99. The lowest BCUT2D eigenvalue weighted by molar-refractivity contribution is 0.579. The van der Waals surface area contributed by atoms with Crippen LogP contribution in [0, 0.1) is 0 Å². The van der Waals surface area contributed by atoms with Crippen LogP contribution in [0.5, 0.6) is 0 Å². The topological polar surface area (TPSA) is 41.1 Å². The largest absolute Gasteiger partial charge is 0.355 e. The molecule has 18 heavy (non-hydrogen) atoms. The van der Waals surface area contributed by atoms with Crippen molar-refractivity contribution in [2.75, 3.05) is 18.0 Å². The molecule has 0 bridgehead atoms. The first-order chi connectivity index (χ1) is 8.75. The van der Waals surface area contributed by atoms with Gasteiger partial charge in [-0.2, -0.15) is 0 Å². The number of anilines is 1. The van der Waals surface area contributed by atoms with Crippen LogP contribution in [0.3, 0.4) is 0 Å². The third-order valence-electron chi connectivity index (χ3n) is 3.29. The molecule has 100 valence electrons. The molecular formula is C14H24N4. The fraction of sp³-hybridized carbons (Fsp3) is 0.714. The molecule has 0 saturated carbocycles. The number of hydrogen-bond acceptors (Lipinski definition) is 4. The first kappa shape index (κ1) is 13.3. The zero-order valence-electron chi connectivity index (χ0n) is 11.5. The Morgan fingerprint density at radius 1 is 1.17 bits per heavy atom. The Balaban J connectivity index is 2.01. The SMILES string of the molecule is CC(C)NCc1cncc(N2CCCCCC2)n1. The second-order valence-electron chi connectivity index (χ2n) is 5.31. The van der Waals surface area contributed by atoms with Crippen LogP contribution in [0.15, 0.2) is 12.4 Å². The highest BCUT2D eigenvalue weighted by Crippen LogP contribution is 2.16. The summed E-state index contributed by atoms with van der Waals surface area (Å²) < 4.78 is 0. The van der Waals surface area contributed by atoms with Gasteiger partial charge in [0.15, 0.2) is 0 Å². The molecule has 1 aromatic rings. The highest BCUT2D eigenvalue weighted by molar-refractivity contribution is 5.36. The lowest BCUT2D eigenvalue weighted by atomic mass is 10.2. The normalized spacial score (nSPS) is 16.9. The molecule has 1 aromatic heterocycles. The molecule has 0 unspecified atom stereocenters. The first-order valence-corrected chi connectivity index (χ1v) is 7.05. The van der Waals surface area contributed by atoms with Crippen molar-refractivity contribution < 1.29 is 0 Å². The summed E-state index contributed by atoms with van der Waals surface area (Å²) in [5.41, 5.74) is 1.03. The van der Waals surface area contributed by atoms with Crippen molar-refractivity contribution in [2.24, 2.45) is 0 Å². The van der Waals surface area contributed by atoms with Gasteiger partial charge < -0.3 is 10.2 Å². The number of hydrogen-bond donors (Lipinski definition) is 1. The van der Waals surface area contributed by atoms with E-state index in [0.717, 1.165) is 31.1 Å². The van der Waals surface area contributed by atoms with Gasteiger partial charge in [-0.05, 0) is 12.8 Å². The van der Waals surface area contributed by atoms with Crippen LogP contribution in [0.25, 0.3) is 0 Å². The van der Waals surface area contributed by atoms with Gasteiger partial charge in [0.2, 0.25) is 0 Å². The quantitative estimate of drug-likeness (QED) is 0.888. The molecule has 2 heterocycles. The van der Waals surface area contributed by atoms with Gasteiger partial charge in [-0.1, -0.05) is 26.7 Å². The summed E-state index contributed by atoms with van der Waals surface area (Å²) in [6, 6.07) is 0.480. The van der Waals surface area contributed by atoms with E-state index in [9.17, 15) is 0 Å². The summed E-state index contributed by atoms with van der Waals surface area (Å²) in [5.74, 6) is 1.04. The molecule has 4 heteroatoms. The van der Waals surface area contributed by atoms with E-state index in [0.29, 0.717) is 6.04 Å². The Bertz CT molecular complexity index is 357. The maximum absolute atomic E-state index is 4.71. The van der Waals surface area contributed by atoms with E-state index in [-0.39, 0.29) is 0 Å². The summed E-state index contributed by atoms with van der Waals surface area (Å²) in [4.78, 5) is 11.4. The number of aromatic nitrogens is 2. The van der Waals surface area contributed by atoms with Crippen molar-refractivity contribution in [2.45, 2.75) is 52.1 Å². The first-order valence-electron chi connectivity index (χ1n) is 7.05. The average molecular weight is 248 g/mol. The molecule has 2 rings (SSSR count). The minimum absolute atomic E-state index is 0.480. The van der Waals surface area contributed by atoms with E-state index in [1.807, 2.05) is 12.4 Å². The van der Waals surface area contributed by atoms with Gasteiger partial charge >= 0.3 is 0 Å². The second kappa shape index (κ2) is 6.69. The van der Waals surface area contributed by atoms with Crippen molar-refractivity contribution in [3.63, 3.8) is 0 Å². The van der Waals surface area contributed by atoms with E-state index in [4.69, 9.17) is 4.98 Å². The molecule has 1 aliphatic heterocycles. The Hall–Kier alpha value is -1.16. The predicted octanol–water partition coefficient (Wildman–Crippen LogP) is 2.36. The fourth-order valence-corrected chi connectivity index (χ4v) is 2.24. The third-order valence-corrected chi connectivity index (χ3v) is 3.29. The lowest BCUT2D eigenvalue weighted by Crippen LogP contribution is -2.26. The standard InChI is InChI=1S/C14H24N4/c1-12(2)16-10-13-9-15-11-14(17-13)18-7-5-3-4-6-8-18/h9,11-12,16H,3-8,10H2,1-2H3. The summed E-state index contributed by atoms with van der Waals surface area (Å²) in [7, 11) is 0. The maximum atomic E-state index is 4.71. The highest BCUT2D eigenvalue weighted by Gasteiger charge is 2.11. The van der Waals surface area contributed by atoms with Crippen molar-refractivity contribution in [1.82, 2.24) is 15.3 Å². The molecule has 0 radical (unpaired) electrons. The van der Waals surface area contributed by atoms with Crippen LogP contribution >= 0.6 is 0 Å². The zero-order valence-corrected chi connectivity index (χ0v) is 11.5. The number of nitrogens with one attached hydrogen (secondary N) is 1. The van der Waals surface area contributed by atoms with Crippen LogP contribution < -0.4 is 10.2 Å². The monoisotopic (exact) mass is 248 g/mol. The second-order valence-corrected chi connectivity index (χ2v) is 5.31. The van der Waals surface area contributed by atoms with Gasteiger partial charge in [0, 0.05) is 31.9 Å². The van der Waals surface area contributed by atoms with E-state index in [2.05, 4.69) is 29.0 Å². The molecule has 1 N–H and O–H groups in total. The maximum Gasteiger partial charge on any atom is 0.147 e. The van der Waals surface area contributed by atoms with Gasteiger partial charge in [0.25, 0.3) is 0 Å². The Morgan fingerprint density at radius 3 is 2.56 bits per heavy atom. The Labute approximate surface area is 110 Å². The molecular weight excluding hydrogens is 224 g/mol. The summed E-state index contributed by atoms with van der Waals surface area (Å²) in [6.45, 7) is 7.33. The average Bonchev–Trinajstić information content (AvgIpc) is 2.65. The van der Waals surface area contributed by atoms with Gasteiger partial charge in [-0.3, -0.25) is 4.98 Å². The van der Waals surface area contributed by atoms with Crippen LogP contribution in [-0.2, 0) is 6.54 Å². The van der Waals surface area contributed by atoms with Crippen molar-refractivity contribution in [3.8, 4) is 0 Å². The van der Waals surface area contributed by atoms with E-state index in [1.54, 1.807) is 0 Å². The van der Waals surface area contributed by atoms with E-state index >= 15 is 0 Å². The number of nitrogens with zero attached hydrogens (tertiary/aromatic N) is 3. The summed E-state index contributed by atoms with van der Waals surface area (Å²) in [5, 5.41) is 3.38. The van der Waals surface area contributed by atoms with Crippen LogP contribution in [0.4, 0.5) is 5.82 Å². The minimum atomic E-state index is 0.480. The Morgan fingerprint density at radius 2 is 1.89 bits per heavy atom. The van der Waals surface area contributed by atoms with Gasteiger partial charge in [-0.25, -0.2) is 4.98 Å². The smallest absolute Gasteiger partial charge is 0.147 e. The van der Waals surface area contributed by atoms with E-state index in [1.165, 1.54) is 25.7 Å². The molecule has 0 aromatic carbocycles. The predicted molar refractivity (Wildman–Crippen MR) is 74.7 cm³/mol. The van der Waals surface area contributed by atoms with Gasteiger partial charge in [-0.15, -0.1) is 0 Å². The van der Waals surface area contributed by atoms with Crippen LogP contribution in [-0.4, -0.2) is 29.1 Å². The molecule has 1 fully saturated rings. The lowest BCUT2D eigenvalue weighted by Gasteiger charge is -2.21. The zero-order chi connectivity index (χ0) is 12.8. The van der Waals surface area contributed by atoms with Crippen molar-refractivity contribution in [3.05, 3.63) is 18.1 Å². The van der Waals surface area contributed by atoms with Gasteiger partial charge in [0.05, 0.1) is 11.9 Å². The van der Waals surface area contributed by atoms with Crippen molar-refractivity contribution in [1.29, 1.82) is 0 Å². The van der Waals surface area contributed by atoms with Crippen molar-refractivity contribution >= 4 is 5.82 Å². The third kappa shape index (κ3) is 3.95. The molecule has 0 spiro atoms. The molecule has 1 aliphatic rings. The summed E-state index contributed by atoms with van der Waals surface area (Å²) >= 11 is 0. The highest BCUT2D eigenvalue weighted by atomic mass is 15.2. The fourth-order valence-electron chi connectivity index (χ4n) is 2.24. The van der Waals surface area contributed by atoms with Gasteiger partial charge in [0.1, 0.15) is 5.82 Å². The number of rotatable bonds is 4. The minimum Gasteiger partial charge on any atom is -0.355 e. The van der Waals surface area contributed by atoms with E-state index < -0.39 is 0 Å². The van der Waals surface area contributed by atoms with Crippen LogP contribution in [0.2, 0.25) is 0 Å². The van der Waals surface area contributed by atoms with Crippen LogP contribution in [0.1, 0.15) is 45.2 Å².